The van der Waals surface area contributed by atoms with E-state index in [1.54, 1.807) is 11.8 Å². The van der Waals surface area contributed by atoms with Crippen molar-refractivity contribution in [3.8, 4) is 0 Å². The van der Waals surface area contributed by atoms with Gasteiger partial charge in [-0.25, -0.2) is 0 Å². The zero-order chi connectivity index (χ0) is 8.69. The van der Waals surface area contributed by atoms with E-state index in [0.29, 0.717) is 0 Å². The summed E-state index contributed by atoms with van der Waals surface area (Å²) < 4.78 is 0. The number of aromatic nitrogens is 1. The minimum Gasteiger partial charge on any atom is -0.364 e. The Balaban J connectivity index is 0.000000461. The summed E-state index contributed by atoms with van der Waals surface area (Å²) in [5.41, 5.74) is 1.21. The van der Waals surface area contributed by atoms with E-state index in [-0.39, 0.29) is 0 Å². The molecule has 0 amide bonds. The van der Waals surface area contributed by atoms with Crippen molar-refractivity contribution >= 4 is 11.8 Å². The molecule has 0 spiro atoms. The highest BCUT2D eigenvalue weighted by molar-refractivity contribution is 8.02. The lowest BCUT2D eigenvalue weighted by atomic mass is 10.5. The van der Waals surface area contributed by atoms with Crippen molar-refractivity contribution in [1.82, 2.24) is 4.98 Å². The first-order valence-corrected chi connectivity index (χ1v) is 4.64. The van der Waals surface area contributed by atoms with E-state index in [1.807, 2.05) is 38.4 Å². The Morgan fingerprint density at radius 2 is 2.18 bits per heavy atom. The molecule has 0 atom stereocenters. The van der Waals surface area contributed by atoms with E-state index in [0.717, 1.165) is 0 Å². The molecule has 0 radical (unpaired) electrons. The molecular weight excluding hydrogens is 154 g/mol. The summed E-state index contributed by atoms with van der Waals surface area (Å²) in [4.78, 5) is 4.34. The van der Waals surface area contributed by atoms with Gasteiger partial charge in [-0.2, -0.15) is 0 Å². The van der Waals surface area contributed by atoms with E-state index < -0.39 is 0 Å². The van der Waals surface area contributed by atoms with Gasteiger partial charge >= 0.3 is 0 Å². The third kappa shape index (κ3) is 3.33. The lowest BCUT2D eigenvalue weighted by Gasteiger charge is -1.89. The van der Waals surface area contributed by atoms with Gasteiger partial charge in [0.2, 0.25) is 0 Å². The highest BCUT2D eigenvalue weighted by Crippen LogP contribution is 2.20. The van der Waals surface area contributed by atoms with Crippen LogP contribution in [0.4, 0.5) is 0 Å². The van der Waals surface area contributed by atoms with Crippen LogP contribution in [-0.4, -0.2) is 4.98 Å². The van der Waals surface area contributed by atoms with Crippen molar-refractivity contribution in [3.05, 3.63) is 29.9 Å². The number of hydrogen-bond donors (Lipinski definition) is 1. The van der Waals surface area contributed by atoms with Crippen LogP contribution in [0.5, 0.6) is 0 Å². The second-order valence-electron chi connectivity index (χ2n) is 1.75. The predicted molar refractivity (Wildman–Crippen MR) is 52.9 cm³/mol. The fraction of sp³-hybridized carbons (Fsp3) is 0.333. The lowest BCUT2D eigenvalue weighted by Crippen LogP contribution is -1.68. The SMILES string of the molecule is C=CSc1cc[nH]c1C.CC. The molecule has 0 fully saturated rings. The third-order valence-corrected chi connectivity index (χ3v) is 1.98. The van der Waals surface area contributed by atoms with Gasteiger partial charge in [-0.1, -0.05) is 32.2 Å². The van der Waals surface area contributed by atoms with Crippen molar-refractivity contribution in [2.45, 2.75) is 25.7 Å². The minimum atomic E-state index is 1.21. The third-order valence-electron chi connectivity index (χ3n) is 1.11. The van der Waals surface area contributed by atoms with Gasteiger partial charge in [-0.3, -0.25) is 0 Å². The first-order chi connectivity index (χ1) is 5.34. The average Bonchev–Trinajstić information content (AvgIpc) is 2.42. The number of aromatic amines is 1. The topological polar surface area (TPSA) is 15.8 Å². The molecule has 1 heterocycles. The zero-order valence-corrected chi connectivity index (χ0v) is 8.16. The Labute approximate surface area is 72.9 Å². The molecule has 0 aliphatic carbocycles. The molecule has 0 aromatic carbocycles. The number of H-pyrrole nitrogens is 1. The Hall–Kier alpha value is -0.630. The standard InChI is InChI=1S/C7H9NS.C2H6/c1-3-9-7-4-5-8-6(7)2;1-2/h3-5,8H,1H2,2H3;1-2H3. The van der Waals surface area contributed by atoms with E-state index in [9.17, 15) is 0 Å². The van der Waals surface area contributed by atoms with Gasteiger partial charge in [0.15, 0.2) is 0 Å². The molecule has 0 aliphatic heterocycles. The van der Waals surface area contributed by atoms with Crippen LogP contribution in [-0.2, 0) is 0 Å². The summed E-state index contributed by atoms with van der Waals surface area (Å²) in [6, 6.07) is 2.04. The fourth-order valence-corrected chi connectivity index (χ4v) is 1.22. The zero-order valence-electron chi connectivity index (χ0n) is 7.35. The van der Waals surface area contributed by atoms with Crippen molar-refractivity contribution in [2.75, 3.05) is 0 Å². The Bertz CT molecular complexity index is 203. The van der Waals surface area contributed by atoms with Crippen LogP contribution in [0.15, 0.2) is 29.1 Å². The number of nitrogens with one attached hydrogen (secondary N) is 1. The normalized spacial score (nSPS) is 8.27. The Morgan fingerprint density at radius 1 is 1.55 bits per heavy atom. The second kappa shape index (κ2) is 6.10. The molecule has 0 saturated carbocycles. The van der Waals surface area contributed by atoms with Gasteiger partial charge in [0.05, 0.1) is 0 Å². The summed E-state index contributed by atoms with van der Waals surface area (Å²) in [7, 11) is 0. The highest BCUT2D eigenvalue weighted by Gasteiger charge is 1.93. The summed E-state index contributed by atoms with van der Waals surface area (Å²) in [6.45, 7) is 9.67. The summed E-state index contributed by atoms with van der Waals surface area (Å²) in [6.07, 6.45) is 1.93. The molecular formula is C9H15NS. The molecule has 1 N–H and O–H groups in total. The Kier molecular flexibility index (Phi) is 5.75. The van der Waals surface area contributed by atoms with Crippen LogP contribution in [0, 0.1) is 6.92 Å². The van der Waals surface area contributed by atoms with Crippen LogP contribution in [0.3, 0.4) is 0 Å². The molecule has 0 aliphatic rings. The van der Waals surface area contributed by atoms with Crippen LogP contribution >= 0.6 is 11.8 Å². The lowest BCUT2D eigenvalue weighted by molar-refractivity contribution is 1.21. The second-order valence-corrected chi connectivity index (χ2v) is 2.76. The molecule has 0 bridgehead atoms. The fourth-order valence-electron chi connectivity index (χ4n) is 0.656. The van der Waals surface area contributed by atoms with E-state index in [2.05, 4.69) is 11.6 Å². The van der Waals surface area contributed by atoms with Crippen LogP contribution < -0.4 is 0 Å². The molecule has 0 saturated heterocycles. The number of aryl methyl sites for hydroxylation is 1. The summed E-state index contributed by atoms with van der Waals surface area (Å²) >= 11 is 1.64. The van der Waals surface area contributed by atoms with Gasteiger partial charge in [-0.15, -0.1) is 0 Å². The van der Waals surface area contributed by atoms with Gasteiger partial charge in [0.1, 0.15) is 0 Å². The molecule has 1 rings (SSSR count). The van der Waals surface area contributed by atoms with Gasteiger partial charge in [-0.05, 0) is 18.4 Å². The maximum Gasteiger partial charge on any atom is 0.0320 e. The molecule has 2 heteroatoms. The summed E-state index contributed by atoms with van der Waals surface area (Å²) in [5, 5.41) is 1.83. The van der Waals surface area contributed by atoms with Crippen LogP contribution in [0.1, 0.15) is 19.5 Å². The highest BCUT2D eigenvalue weighted by atomic mass is 32.2. The van der Waals surface area contributed by atoms with Crippen molar-refractivity contribution < 1.29 is 0 Å². The van der Waals surface area contributed by atoms with Gasteiger partial charge in [0, 0.05) is 16.8 Å². The molecule has 11 heavy (non-hydrogen) atoms. The maximum atomic E-state index is 3.63. The molecule has 1 aromatic rings. The largest absolute Gasteiger partial charge is 0.364 e. The van der Waals surface area contributed by atoms with Crippen molar-refractivity contribution in [3.63, 3.8) is 0 Å². The van der Waals surface area contributed by atoms with Crippen LogP contribution in [0.2, 0.25) is 0 Å². The molecule has 1 nitrogen and oxygen atoms in total. The van der Waals surface area contributed by atoms with E-state index >= 15 is 0 Å². The van der Waals surface area contributed by atoms with Crippen molar-refractivity contribution in [2.24, 2.45) is 0 Å². The molecule has 62 valence electrons. The first-order valence-electron chi connectivity index (χ1n) is 3.76. The monoisotopic (exact) mass is 169 g/mol. The number of hydrogen-bond acceptors (Lipinski definition) is 1. The van der Waals surface area contributed by atoms with Gasteiger partial charge < -0.3 is 4.98 Å². The molecule has 1 aromatic heterocycles. The number of rotatable bonds is 2. The van der Waals surface area contributed by atoms with E-state index in [4.69, 9.17) is 0 Å². The first kappa shape index (κ1) is 10.4. The van der Waals surface area contributed by atoms with Gasteiger partial charge in [0.25, 0.3) is 0 Å². The minimum absolute atomic E-state index is 1.21. The maximum absolute atomic E-state index is 3.63. The van der Waals surface area contributed by atoms with Crippen molar-refractivity contribution in [1.29, 1.82) is 0 Å². The average molecular weight is 169 g/mol. The number of thioether (sulfide) groups is 1. The summed E-state index contributed by atoms with van der Waals surface area (Å²) in [5.74, 6) is 0. The predicted octanol–water partition coefficient (Wildman–Crippen LogP) is 3.58. The quantitative estimate of drug-likeness (QED) is 0.669. The smallest absolute Gasteiger partial charge is 0.0320 e. The Morgan fingerprint density at radius 3 is 2.55 bits per heavy atom. The van der Waals surface area contributed by atoms with E-state index in [1.165, 1.54) is 10.6 Å². The molecule has 0 unspecified atom stereocenters. The van der Waals surface area contributed by atoms with Crippen LogP contribution in [0.25, 0.3) is 0 Å².